The summed E-state index contributed by atoms with van der Waals surface area (Å²) in [5.41, 5.74) is 2.50. The van der Waals surface area contributed by atoms with Crippen molar-refractivity contribution in [1.29, 1.82) is 0 Å². The molecule has 1 amide bonds. The third-order valence-corrected chi connectivity index (χ3v) is 4.55. The Bertz CT molecular complexity index is 901. The van der Waals surface area contributed by atoms with E-state index in [1.807, 2.05) is 0 Å². The highest BCUT2D eigenvalue weighted by Crippen LogP contribution is 2.38. The number of esters is 1. The summed E-state index contributed by atoms with van der Waals surface area (Å²) >= 11 is 0. The lowest BCUT2D eigenvalue weighted by Crippen LogP contribution is -2.27. The van der Waals surface area contributed by atoms with E-state index in [-0.39, 0.29) is 13.2 Å². The van der Waals surface area contributed by atoms with Crippen molar-refractivity contribution < 1.29 is 32.9 Å². The van der Waals surface area contributed by atoms with Crippen LogP contribution in [0, 0.1) is 5.82 Å². The lowest BCUT2D eigenvalue weighted by Gasteiger charge is -2.22. The summed E-state index contributed by atoms with van der Waals surface area (Å²) in [7, 11) is 2.57. The van der Waals surface area contributed by atoms with Crippen LogP contribution >= 0.6 is 0 Å². The Morgan fingerprint density at radius 2 is 2.03 bits per heavy atom. The van der Waals surface area contributed by atoms with Crippen LogP contribution in [0.1, 0.15) is 33.2 Å². The monoisotopic (exact) mass is 403 g/mol. The number of amides is 1. The van der Waals surface area contributed by atoms with Crippen LogP contribution in [0.25, 0.3) is 0 Å². The SMILES string of the molecule is COC(=O)NCCOC(c1cccc(F)c1)c1cc(C(=O)OC)cc2c1CCO2. The highest BCUT2D eigenvalue weighted by Gasteiger charge is 2.27. The van der Waals surface area contributed by atoms with Gasteiger partial charge in [0, 0.05) is 18.5 Å². The fourth-order valence-electron chi connectivity index (χ4n) is 3.23. The lowest BCUT2D eigenvalue weighted by molar-refractivity contribution is 0.0598. The van der Waals surface area contributed by atoms with Crippen molar-refractivity contribution in [1.82, 2.24) is 5.32 Å². The number of nitrogens with one attached hydrogen (secondary N) is 1. The maximum absolute atomic E-state index is 13.9. The van der Waals surface area contributed by atoms with Gasteiger partial charge in [0.25, 0.3) is 0 Å². The van der Waals surface area contributed by atoms with E-state index in [1.165, 1.54) is 26.4 Å². The van der Waals surface area contributed by atoms with Crippen molar-refractivity contribution in [2.45, 2.75) is 12.5 Å². The first-order valence-corrected chi connectivity index (χ1v) is 9.10. The molecule has 0 saturated carbocycles. The second kappa shape index (κ2) is 9.38. The predicted octanol–water partition coefficient (Wildman–Crippen LogP) is 3.01. The maximum atomic E-state index is 13.9. The van der Waals surface area contributed by atoms with Crippen LogP contribution in [0.5, 0.6) is 5.75 Å². The molecule has 2 aromatic carbocycles. The molecular weight excluding hydrogens is 381 g/mol. The molecule has 1 N–H and O–H groups in total. The molecule has 0 aromatic heterocycles. The minimum Gasteiger partial charge on any atom is -0.493 e. The number of benzene rings is 2. The zero-order valence-electron chi connectivity index (χ0n) is 16.2. The molecule has 1 heterocycles. The zero-order chi connectivity index (χ0) is 20.8. The normalized spacial score (nSPS) is 13.2. The number of fused-ring (bicyclic) bond motifs is 1. The highest BCUT2D eigenvalue weighted by molar-refractivity contribution is 5.90. The Labute approximate surface area is 167 Å². The molecule has 0 spiro atoms. The molecule has 1 atom stereocenters. The van der Waals surface area contributed by atoms with Gasteiger partial charge in [-0.1, -0.05) is 12.1 Å². The molecule has 1 unspecified atom stereocenters. The van der Waals surface area contributed by atoms with Crippen LogP contribution in [0.3, 0.4) is 0 Å². The quantitative estimate of drug-likeness (QED) is 0.565. The Balaban J connectivity index is 1.96. The molecule has 3 rings (SSSR count). The average Bonchev–Trinajstić information content (AvgIpc) is 3.21. The molecule has 8 heteroatoms. The fraction of sp³-hybridized carbons (Fsp3) is 0.333. The Kier molecular flexibility index (Phi) is 6.66. The summed E-state index contributed by atoms with van der Waals surface area (Å²) < 4.78 is 34.9. The summed E-state index contributed by atoms with van der Waals surface area (Å²) in [5.74, 6) is -0.323. The molecule has 29 heavy (non-hydrogen) atoms. The number of hydrogen-bond acceptors (Lipinski definition) is 6. The maximum Gasteiger partial charge on any atom is 0.406 e. The molecule has 0 bridgehead atoms. The minimum absolute atomic E-state index is 0.147. The summed E-state index contributed by atoms with van der Waals surface area (Å²) in [6, 6.07) is 9.38. The second-order valence-electron chi connectivity index (χ2n) is 6.36. The van der Waals surface area contributed by atoms with Gasteiger partial charge in [-0.2, -0.15) is 0 Å². The van der Waals surface area contributed by atoms with Crippen LogP contribution in [0.2, 0.25) is 0 Å². The van der Waals surface area contributed by atoms with Crippen LogP contribution in [-0.4, -0.2) is 46.0 Å². The summed E-state index contributed by atoms with van der Waals surface area (Å²) in [5, 5.41) is 2.53. The second-order valence-corrected chi connectivity index (χ2v) is 6.36. The highest BCUT2D eigenvalue weighted by atomic mass is 19.1. The number of alkyl carbamates (subject to hydrolysis) is 1. The largest absolute Gasteiger partial charge is 0.493 e. The van der Waals surface area contributed by atoms with Gasteiger partial charge in [0.2, 0.25) is 0 Å². The molecule has 2 aromatic rings. The first-order chi connectivity index (χ1) is 14.0. The van der Waals surface area contributed by atoms with E-state index < -0.39 is 24.0 Å². The van der Waals surface area contributed by atoms with Gasteiger partial charge in [0.15, 0.2) is 0 Å². The molecule has 154 valence electrons. The zero-order valence-corrected chi connectivity index (χ0v) is 16.2. The Morgan fingerprint density at radius 3 is 2.76 bits per heavy atom. The molecule has 1 aliphatic heterocycles. The Morgan fingerprint density at radius 1 is 1.21 bits per heavy atom. The van der Waals surface area contributed by atoms with E-state index in [2.05, 4.69) is 10.1 Å². The van der Waals surface area contributed by atoms with Crippen molar-refractivity contribution in [3.05, 3.63) is 64.5 Å². The molecule has 0 saturated heterocycles. The number of carbonyl (C=O) groups is 2. The van der Waals surface area contributed by atoms with Crippen molar-refractivity contribution in [2.24, 2.45) is 0 Å². The lowest BCUT2D eigenvalue weighted by atomic mass is 9.93. The van der Waals surface area contributed by atoms with Crippen LogP contribution in [0.4, 0.5) is 9.18 Å². The van der Waals surface area contributed by atoms with E-state index in [9.17, 15) is 14.0 Å². The van der Waals surface area contributed by atoms with Crippen LogP contribution < -0.4 is 10.1 Å². The average molecular weight is 403 g/mol. The van der Waals surface area contributed by atoms with Crippen molar-refractivity contribution >= 4 is 12.1 Å². The number of carbonyl (C=O) groups excluding carboxylic acids is 2. The van der Waals surface area contributed by atoms with E-state index in [0.717, 1.165) is 5.56 Å². The summed E-state index contributed by atoms with van der Waals surface area (Å²) in [6.07, 6.45) is -0.593. The van der Waals surface area contributed by atoms with E-state index in [4.69, 9.17) is 14.2 Å². The van der Waals surface area contributed by atoms with Crippen LogP contribution in [0.15, 0.2) is 36.4 Å². The van der Waals surface area contributed by atoms with Crippen molar-refractivity contribution in [3.63, 3.8) is 0 Å². The minimum atomic E-state index is -0.662. The van der Waals surface area contributed by atoms with E-state index >= 15 is 0 Å². The number of methoxy groups -OCH3 is 2. The molecule has 0 radical (unpaired) electrons. The summed E-state index contributed by atoms with van der Waals surface area (Å²) in [4.78, 5) is 23.3. The van der Waals surface area contributed by atoms with Gasteiger partial charge in [0.05, 0.1) is 33.0 Å². The van der Waals surface area contributed by atoms with Crippen molar-refractivity contribution in [3.8, 4) is 5.75 Å². The first-order valence-electron chi connectivity index (χ1n) is 9.10. The Hall–Kier alpha value is -3.13. The van der Waals surface area contributed by atoms with Gasteiger partial charge in [-0.05, 0) is 35.4 Å². The van der Waals surface area contributed by atoms with Gasteiger partial charge in [0.1, 0.15) is 17.7 Å². The predicted molar refractivity (Wildman–Crippen MR) is 102 cm³/mol. The third kappa shape index (κ3) is 4.83. The van der Waals surface area contributed by atoms with E-state index in [0.29, 0.717) is 35.5 Å². The topological polar surface area (TPSA) is 83.1 Å². The smallest absolute Gasteiger partial charge is 0.406 e. The van der Waals surface area contributed by atoms with Gasteiger partial charge >= 0.3 is 12.1 Å². The number of hydrogen-bond donors (Lipinski definition) is 1. The summed E-state index contributed by atoms with van der Waals surface area (Å²) in [6.45, 7) is 0.828. The van der Waals surface area contributed by atoms with Crippen LogP contribution in [-0.2, 0) is 20.6 Å². The first kappa shape index (κ1) is 20.6. The van der Waals surface area contributed by atoms with Gasteiger partial charge in [-0.3, -0.25) is 0 Å². The number of ether oxygens (including phenoxy) is 4. The molecule has 0 fully saturated rings. The molecule has 1 aliphatic rings. The van der Waals surface area contributed by atoms with Gasteiger partial charge < -0.3 is 24.3 Å². The molecule has 7 nitrogen and oxygen atoms in total. The van der Waals surface area contributed by atoms with Gasteiger partial charge in [-0.25, -0.2) is 14.0 Å². The third-order valence-electron chi connectivity index (χ3n) is 4.55. The fourth-order valence-corrected chi connectivity index (χ4v) is 3.23. The number of rotatable bonds is 7. The van der Waals surface area contributed by atoms with Crippen molar-refractivity contribution in [2.75, 3.05) is 34.0 Å². The standard InChI is InChI=1S/C21H22FNO6/c1-26-20(24)14-11-17(16-6-8-28-18(16)12-14)19(13-4-3-5-15(22)10-13)29-9-7-23-21(25)27-2/h3-5,10-12,19H,6-9H2,1-2H3,(H,23,25). The molecular formula is C21H22FNO6. The number of halogens is 1. The molecule has 0 aliphatic carbocycles. The van der Waals surface area contributed by atoms with E-state index in [1.54, 1.807) is 24.3 Å². The van der Waals surface area contributed by atoms with Gasteiger partial charge in [-0.15, -0.1) is 0 Å².